The number of hydrogen-bond donors (Lipinski definition) is 2. The normalized spacial score (nSPS) is 16.9. The van der Waals surface area contributed by atoms with Crippen LogP contribution in [0.2, 0.25) is 10.0 Å². The summed E-state index contributed by atoms with van der Waals surface area (Å²) < 4.78 is 32.9. The summed E-state index contributed by atoms with van der Waals surface area (Å²) >= 11 is 11.9. The molecule has 1 heterocycles. The van der Waals surface area contributed by atoms with Gasteiger partial charge in [0.2, 0.25) is 0 Å². The molecule has 6 nitrogen and oxygen atoms in total. The van der Waals surface area contributed by atoms with Crippen molar-refractivity contribution in [3.05, 3.63) is 58.1 Å². The van der Waals surface area contributed by atoms with Crippen LogP contribution in [0.15, 0.2) is 47.4 Å². The van der Waals surface area contributed by atoms with E-state index in [1.807, 2.05) is 0 Å². The Morgan fingerprint density at radius 3 is 2.56 bits per heavy atom. The average molecular weight is 429 g/mol. The molecule has 2 N–H and O–H groups in total. The van der Waals surface area contributed by atoms with Crippen LogP contribution in [0.3, 0.4) is 0 Å². The fourth-order valence-corrected chi connectivity index (χ4v) is 4.08. The van der Waals surface area contributed by atoms with Gasteiger partial charge in [0.1, 0.15) is 0 Å². The molecule has 0 unspecified atom stereocenters. The Morgan fingerprint density at radius 2 is 1.89 bits per heavy atom. The lowest BCUT2D eigenvalue weighted by Gasteiger charge is -2.13. The lowest BCUT2D eigenvalue weighted by Crippen LogP contribution is -2.32. The van der Waals surface area contributed by atoms with E-state index in [0.717, 1.165) is 12.8 Å². The molecule has 2 aromatic rings. The number of sulfonamides is 1. The van der Waals surface area contributed by atoms with E-state index in [9.17, 15) is 13.2 Å². The topological polar surface area (TPSA) is 84.5 Å². The van der Waals surface area contributed by atoms with Gasteiger partial charge in [-0.25, -0.2) is 8.42 Å². The third-order valence-corrected chi connectivity index (χ3v) is 6.08. The van der Waals surface area contributed by atoms with Gasteiger partial charge in [-0.3, -0.25) is 9.52 Å². The molecule has 0 bridgehead atoms. The van der Waals surface area contributed by atoms with Gasteiger partial charge in [-0.05, 0) is 55.3 Å². The minimum atomic E-state index is -3.81. The van der Waals surface area contributed by atoms with E-state index in [4.69, 9.17) is 27.9 Å². The van der Waals surface area contributed by atoms with Gasteiger partial charge >= 0.3 is 0 Å². The molecule has 0 spiro atoms. The van der Waals surface area contributed by atoms with E-state index in [0.29, 0.717) is 18.2 Å². The van der Waals surface area contributed by atoms with Gasteiger partial charge in [-0.1, -0.05) is 23.2 Å². The zero-order valence-electron chi connectivity index (χ0n) is 14.2. The third kappa shape index (κ3) is 5.13. The predicted molar refractivity (Wildman–Crippen MR) is 105 cm³/mol. The number of carbonyl (C=O) groups excluding carboxylic acids is 1. The number of carbonyl (C=O) groups is 1. The number of benzene rings is 2. The summed E-state index contributed by atoms with van der Waals surface area (Å²) in [5.74, 6) is -0.386. The molecule has 0 aliphatic carbocycles. The van der Waals surface area contributed by atoms with Gasteiger partial charge in [0.05, 0.1) is 21.6 Å². The van der Waals surface area contributed by atoms with Gasteiger partial charge in [0.15, 0.2) is 0 Å². The van der Waals surface area contributed by atoms with Crippen molar-refractivity contribution in [3.63, 3.8) is 0 Å². The van der Waals surface area contributed by atoms with Crippen molar-refractivity contribution in [2.24, 2.45) is 0 Å². The van der Waals surface area contributed by atoms with Crippen LogP contribution in [0.25, 0.3) is 0 Å². The first kappa shape index (κ1) is 19.9. The number of halogens is 2. The van der Waals surface area contributed by atoms with Crippen LogP contribution < -0.4 is 10.0 Å². The minimum absolute atomic E-state index is 0.000634. The van der Waals surface area contributed by atoms with Crippen LogP contribution in [0, 0.1) is 0 Å². The van der Waals surface area contributed by atoms with Crippen molar-refractivity contribution < 1.29 is 17.9 Å². The van der Waals surface area contributed by atoms with Gasteiger partial charge in [-0.2, -0.15) is 0 Å². The summed E-state index contributed by atoms with van der Waals surface area (Å²) in [5, 5.41) is 3.44. The number of ether oxygens (including phenoxy) is 1. The second-order valence-electron chi connectivity index (χ2n) is 6.10. The molecule has 1 aliphatic rings. The third-order valence-electron chi connectivity index (χ3n) is 4.10. The largest absolute Gasteiger partial charge is 0.376 e. The summed E-state index contributed by atoms with van der Waals surface area (Å²) in [6.07, 6.45) is 1.87. The maximum Gasteiger partial charge on any atom is 0.261 e. The van der Waals surface area contributed by atoms with Crippen molar-refractivity contribution in [2.45, 2.75) is 23.8 Å². The van der Waals surface area contributed by atoms with Crippen LogP contribution in [0.4, 0.5) is 5.69 Å². The smallest absolute Gasteiger partial charge is 0.261 e. The molecule has 1 saturated heterocycles. The SMILES string of the molecule is O=C(NC[C@@H]1CCCO1)c1cc(NS(=O)(=O)c2ccc(Cl)cc2)ccc1Cl. The predicted octanol–water partition coefficient (Wildman–Crippen LogP) is 3.70. The Labute approximate surface area is 167 Å². The molecule has 0 saturated carbocycles. The molecule has 0 radical (unpaired) electrons. The highest BCUT2D eigenvalue weighted by Gasteiger charge is 2.19. The maximum atomic E-state index is 12.5. The van der Waals surface area contributed by atoms with E-state index in [1.165, 1.54) is 42.5 Å². The molecule has 1 atom stereocenters. The molecule has 1 amide bonds. The average Bonchev–Trinajstić information content (AvgIpc) is 3.15. The molecular formula is C18H18Cl2N2O4S. The van der Waals surface area contributed by atoms with Crippen LogP contribution in [-0.2, 0) is 14.8 Å². The second kappa shape index (κ2) is 8.48. The number of amides is 1. The van der Waals surface area contributed by atoms with Gasteiger partial charge in [0.25, 0.3) is 15.9 Å². The first-order chi connectivity index (χ1) is 12.8. The van der Waals surface area contributed by atoms with Crippen molar-refractivity contribution in [1.82, 2.24) is 5.32 Å². The number of rotatable bonds is 6. The molecule has 2 aromatic carbocycles. The summed E-state index contributed by atoms with van der Waals surface area (Å²) in [6.45, 7) is 1.08. The first-order valence-corrected chi connectivity index (χ1v) is 10.6. The Balaban J connectivity index is 1.74. The molecule has 144 valence electrons. The highest BCUT2D eigenvalue weighted by atomic mass is 35.5. The quantitative estimate of drug-likeness (QED) is 0.734. The van der Waals surface area contributed by atoms with E-state index in [2.05, 4.69) is 10.0 Å². The Bertz CT molecular complexity index is 927. The van der Waals surface area contributed by atoms with Gasteiger partial charge < -0.3 is 10.1 Å². The van der Waals surface area contributed by atoms with Crippen LogP contribution in [0.5, 0.6) is 0 Å². The molecule has 0 aromatic heterocycles. The molecule has 3 rings (SSSR count). The summed E-state index contributed by atoms with van der Waals surface area (Å²) in [5.41, 5.74) is 0.419. The van der Waals surface area contributed by atoms with Crippen molar-refractivity contribution in [2.75, 3.05) is 17.9 Å². The zero-order valence-corrected chi connectivity index (χ0v) is 16.6. The van der Waals surface area contributed by atoms with Crippen molar-refractivity contribution >= 4 is 44.8 Å². The maximum absolute atomic E-state index is 12.5. The number of anilines is 1. The molecule has 27 heavy (non-hydrogen) atoms. The minimum Gasteiger partial charge on any atom is -0.376 e. The Hall–Kier alpha value is -1.80. The highest BCUT2D eigenvalue weighted by molar-refractivity contribution is 7.92. The van der Waals surface area contributed by atoms with Crippen molar-refractivity contribution in [1.29, 1.82) is 0 Å². The fraction of sp³-hybridized carbons (Fsp3) is 0.278. The lowest BCUT2D eigenvalue weighted by molar-refractivity contribution is 0.0858. The summed E-state index contributed by atoms with van der Waals surface area (Å²) in [6, 6.07) is 10.1. The highest BCUT2D eigenvalue weighted by Crippen LogP contribution is 2.24. The van der Waals surface area contributed by atoms with Crippen LogP contribution in [0.1, 0.15) is 23.2 Å². The number of nitrogens with one attached hydrogen (secondary N) is 2. The lowest BCUT2D eigenvalue weighted by atomic mass is 10.2. The van der Waals surface area contributed by atoms with Gasteiger partial charge in [0, 0.05) is 23.9 Å². The van der Waals surface area contributed by atoms with Gasteiger partial charge in [-0.15, -0.1) is 0 Å². The van der Waals surface area contributed by atoms with E-state index < -0.39 is 10.0 Å². The molecule has 1 aliphatic heterocycles. The number of hydrogen-bond acceptors (Lipinski definition) is 4. The Morgan fingerprint density at radius 1 is 1.15 bits per heavy atom. The Kier molecular flexibility index (Phi) is 6.26. The molecule has 1 fully saturated rings. The summed E-state index contributed by atoms with van der Waals surface area (Å²) in [4.78, 5) is 12.5. The molecule has 9 heteroatoms. The zero-order chi connectivity index (χ0) is 19.4. The standard InChI is InChI=1S/C18H18Cl2N2O4S/c19-12-3-6-15(7-4-12)27(24,25)22-13-5-8-17(20)16(10-13)18(23)21-11-14-2-1-9-26-14/h3-8,10,14,22H,1-2,9,11H2,(H,21,23)/t14-/m0/s1. The second-order valence-corrected chi connectivity index (χ2v) is 8.63. The molecular weight excluding hydrogens is 411 g/mol. The van der Waals surface area contributed by atoms with Crippen molar-refractivity contribution in [3.8, 4) is 0 Å². The fourth-order valence-electron chi connectivity index (χ4n) is 2.70. The summed E-state index contributed by atoms with van der Waals surface area (Å²) in [7, 11) is -3.81. The monoisotopic (exact) mass is 428 g/mol. The van der Waals surface area contributed by atoms with E-state index >= 15 is 0 Å². The van der Waals surface area contributed by atoms with Crippen LogP contribution >= 0.6 is 23.2 Å². The van der Waals surface area contributed by atoms with E-state index in [1.54, 1.807) is 0 Å². The van der Waals surface area contributed by atoms with Crippen LogP contribution in [-0.4, -0.2) is 33.6 Å². The first-order valence-electron chi connectivity index (χ1n) is 8.33. The van der Waals surface area contributed by atoms with E-state index in [-0.39, 0.29) is 33.2 Å².